The summed E-state index contributed by atoms with van der Waals surface area (Å²) in [5.41, 5.74) is 4.57. The first kappa shape index (κ1) is 35.5. The Kier molecular flexibility index (Phi) is 11.9. The lowest BCUT2D eigenvalue weighted by molar-refractivity contribution is -0.124. The van der Waals surface area contributed by atoms with Crippen molar-refractivity contribution < 1.29 is 28.6 Å². The highest BCUT2D eigenvalue weighted by Crippen LogP contribution is 2.35. The maximum atomic E-state index is 14.4. The molecule has 10 heteroatoms. The predicted octanol–water partition coefficient (Wildman–Crippen LogP) is 5.68. The van der Waals surface area contributed by atoms with Gasteiger partial charge in [-0.25, -0.2) is 0 Å². The van der Waals surface area contributed by atoms with Gasteiger partial charge >= 0.3 is 0 Å². The molecule has 4 aromatic carbocycles. The van der Waals surface area contributed by atoms with Crippen molar-refractivity contribution in [2.75, 3.05) is 46.4 Å². The third-order valence-corrected chi connectivity index (χ3v) is 9.19. The molecule has 2 aliphatic rings. The fraction of sp³-hybridized carbons (Fsp3) is 0.341. The lowest BCUT2D eigenvalue weighted by Gasteiger charge is -2.26. The van der Waals surface area contributed by atoms with E-state index in [9.17, 15) is 14.4 Å². The van der Waals surface area contributed by atoms with Crippen LogP contribution in [0.1, 0.15) is 62.7 Å². The molecule has 1 fully saturated rings. The molecule has 0 aromatic heterocycles. The van der Waals surface area contributed by atoms with Crippen LogP contribution in [0.25, 0.3) is 0 Å². The Morgan fingerprint density at radius 2 is 1.45 bits per heavy atom. The number of carbonyl (C=O) groups excluding carboxylic acids is 3. The molecule has 1 N–H and O–H groups in total. The van der Waals surface area contributed by atoms with Gasteiger partial charge in [-0.2, -0.15) is 0 Å². The van der Waals surface area contributed by atoms with Crippen LogP contribution in [-0.2, 0) is 31.1 Å². The van der Waals surface area contributed by atoms with Gasteiger partial charge in [0.05, 0.1) is 17.7 Å². The fourth-order valence-electron chi connectivity index (χ4n) is 6.26. The number of rotatable bonds is 15. The van der Waals surface area contributed by atoms with Gasteiger partial charge in [0.1, 0.15) is 37.1 Å². The van der Waals surface area contributed by atoms with Crippen LogP contribution in [0.2, 0.25) is 0 Å². The maximum Gasteiger partial charge on any atom is 0.258 e. The van der Waals surface area contributed by atoms with E-state index in [0.717, 1.165) is 47.4 Å². The number of benzene rings is 4. The highest BCUT2D eigenvalue weighted by atomic mass is 16.5. The van der Waals surface area contributed by atoms with Crippen molar-refractivity contribution >= 4 is 17.7 Å². The van der Waals surface area contributed by atoms with Crippen molar-refractivity contribution in [3.05, 3.63) is 124 Å². The normalized spacial score (nSPS) is 14.1. The number of piperazine rings is 1. The lowest BCUT2D eigenvalue weighted by Crippen LogP contribution is -2.48. The molecular formula is C41H46N4O6. The van der Waals surface area contributed by atoms with Crippen LogP contribution < -0.4 is 19.5 Å². The summed E-state index contributed by atoms with van der Waals surface area (Å²) < 4.78 is 18.7. The number of nitrogens with zero attached hydrogens (tertiary/aromatic N) is 3. The first-order valence-electron chi connectivity index (χ1n) is 17.7. The van der Waals surface area contributed by atoms with E-state index in [-0.39, 0.29) is 30.9 Å². The Hall–Kier alpha value is -5.35. The number of hydrogen-bond donors (Lipinski definition) is 1. The van der Waals surface area contributed by atoms with E-state index in [0.29, 0.717) is 68.5 Å². The minimum Gasteiger partial charge on any atom is -0.492 e. The number of carbonyl (C=O) groups is 3. The van der Waals surface area contributed by atoms with E-state index in [1.54, 1.807) is 29.0 Å². The second-order valence-corrected chi connectivity index (χ2v) is 13.0. The molecular weight excluding hydrogens is 644 g/mol. The Bertz CT molecular complexity index is 1820. The molecule has 0 atom stereocenters. The Morgan fingerprint density at radius 3 is 2.12 bits per heavy atom. The quantitative estimate of drug-likeness (QED) is 0.171. The first-order chi connectivity index (χ1) is 24.9. The summed E-state index contributed by atoms with van der Waals surface area (Å²) in [4.78, 5) is 45.6. The highest BCUT2D eigenvalue weighted by Gasteiger charge is 2.30. The van der Waals surface area contributed by atoms with Crippen LogP contribution in [0.5, 0.6) is 17.2 Å². The average molecular weight is 691 g/mol. The van der Waals surface area contributed by atoms with Crippen molar-refractivity contribution in [1.29, 1.82) is 0 Å². The molecule has 2 aliphatic heterocycles. The topological polar surface area (TPSA) is 101 Å². The number of amides is 3. The summed E-state index contributed by atoms with van der Waals surface area (Å²) in [5.74, 6) is 1.02. The van der Waals surface area contributed by atoms with Crippen molar-refractivity contribution in [2.24, 2.45) is 0 Å². The van der Waals surface area contributed by atoms with Gasteiger partial charge < -0.3 is 29.3 Å². The maximum absolute atomic E-state index is 14.4. The molecule has 266 valence electrons. The number of ether oxygens (including phenoxy) is 3. The second-order valence-electron chi connectivity index (χ2n) is 13.0. The Balaban J connectivity index is 1.25. The smallest absolute Gasteiger partial charge is 0.258 e. The zero-order valence-electron chi connectivity index (χ0n) is 29.4. The molecule has 51 heavy (non-hydrogen) atoms. The molecule has 0 spiro atoms. The van der Waals surface area contributed by atoms with Gasteiger partial charge in [0.25, 0.3) is 11.8 Å². The summed E-state index contributed by atoms with van der Waals surface area (Å²) in [6.45, 7) is 6.92. The van der Waals surface area contributed by atoms with Gasteiger partial charge in [-0.1, -0.05) is 80.1 Å². The second kappa shape index (κ2) is 17.0. The van der Waals surface area contributed by atoms with Gasteiger partial charge in [-0.05, 0) is 46.9 Å². The number of hydrogen-bond acceptors (Lipinski definition) is 7. The van der Waals surface area contributed by atoms with Gasteiger partial charge in [0.15, 0.2) is 0 Å². The van der Waals surface area contributed by atoms with E-state index >= 15 is 0 Å². The van der Waals surface area contributed by atoms with Crippen molar-refractivity contribution in [3.63, 3.8) is 0 Å². The molecule has 10 nitrogen and oxygen atoms in total. The third-order valence-electron chi connectivity index (χ3n) is 9.19. The zero-order valence-corrected chi connectivity index (χ0v) is 29.4. The minimum absolute atomic E-state index is 0.0338. The Labute approximate surface area is 299 Å². The van der Waals surface area contributed by atoms with E-state index < -0.39 is 0 Å². The number of unbranched alkanes of at least 4 members (excludes halogenated alkanes) is 1. The van der Waals surface area contributed by atoms with E-state index in [4.69, 9.17) is 14.2 Å². The van der Waals surface area contributed by atoms with Gasteiger partial charge in [-0.15, -0.1) is 0 Å². The standard InChI is InChI=1S/C41H46N4O6/c1-3-4-18-43(2)40(47)35-23-36(38(51-29-31-13-9-6-10-14-31)24-37(35)50-28-30-11-7-5-8-12-30)41(48)45-25-32-15-16-34(22-33(32)26-45)49-21-20-44-19-17-42-39(46)27-44/h5-16,22-24H,3-4,17-21,25-29H2,1-2H3,(H,42,46). The van der Waals surface area contributed by atoms with Crippen molar-refractivity contribution in [3.8, 4) is 17.2 Å². The van der Waals surface area contributed by atoms with Crippen molar-refractivity contribution in [1.82, 2.24) is 20.0 Å². The summed E-state index contributed by atoms with van der Waals surface area (Å²) in [7, 11) is 1.78. The van der Waals surface area contributed by atoms with Crippen LogP contribution in [0.4, 0.5) is 0 Å². The largest absolute Gasteiger partial charge is 0.492 e. The van der Waals surface area contributed by atoms with Gasteiger partial charge in [0, 0.05) is 52.4 Å². The summed E-state index contributed by atoms with van der Waals surface area (Å²) >= 11 is 0. The molecule has 0 unspecified atom stereocenters. The van der Waals surface area contributed by atoms with Crippen LogP contribution in [0.3, 0.4) is 0 Å². The van der Waals surface area contributed by atoms with Gasteiger partial charge in [-0.3, -0.25) is 19.3 Å². The van der Waals surface area contributed by atoms with E-state index in [1.165, 1.54) is 0 Å². The van der Waals surface area contributed by atoms with Crippen LogP contribution in [-0.4, -0.2) is 78.8 Å². The van der Waals surface area contributed by atoms with E-state index in [2.05, 4.69) is 17.1 Å². The summed E-state index contributed by atoms with van der Waals surface area (Å²) in [6.07, 6.45) is 1.81. The fourth-order valence-corrected chi connectivity index (χ4v) is 6.26. The molecule has 0 bridgehead atoms. The highest BCUT2D eigenvalue weighted by molar-refractivity contribution is 6.03. The zero-order chi connectivity index (χ0) is 35.6. The van der Waals surface area contributed by atoms with Gasteiger partial charge in [0.2, 0.25) is 5.91 Å². The Morgan fingerprint density at radius 1 is 0.784 bits per heavy atom. The number of nitrogens with one attached hydrogen (secondary N) is 1. The van der Waals surface area contributed by atoms with Crippen LogP contribution in [0.15, 0.2) is 91.0 Å². The summed E-state index contributed by atoms with van der Waals surface area (Å²) in [5, 5.41) is 2.84. The number of fused-ring (bicyclic) bond motifs is 1. The molecule has 6 rings (SSSR count). The average Bonchev–Trinajstić information content (AvgIpc) is 3.59. The molecule has 3 amide bonds. The molecule has 2 heterocycles. The van der Waals surface area contributed by atoms with Crippen LogP contribution >= 0.6 is 0 Å². The molecule has 0 aliphatic carbocycles. The van der Waals surface area contributed by atoms with E-state index in [1.807, 2.05) is 78.9 Å². The molecule has 4 aromatic rings. The molecule has 0 radical (unpaired) electrons. The molecule has 1 saturated heterocycles. The minimum atomic E-state index is -0.236. The SMILES string of the molecule is CCCCN(C)C(=O)c1cc(C(=O)N2Cc3ccc(OCCN4CCNC(=O)C4)cc3C2)c(OCc2ccccc2)cc1OCc1ccccc1. The lowest BCUT2D eigenvalue weighted by atomic mass is 10.0. The monoisotopic (exact) mass is 690 g/mol. The molecule has 0 saturated carbocycles. The van der Waals surface area contributed by atoms with Crippen LogP contribution in [0, 0.1) is 0 Å². The van der Waals surface area contributed by atoms with Crippen molar-refractivity contribution in [2.45, 2.75) is 46.1 Å². The first-order valence-corrected chi connectivity index (χ1v) is 17.7. The predicted molar refractivity (Wildman–Crippen MR) is 195 cm³/mol. The summed E-state index contributed by atoms with van der Waals surface area (Å²) in [6, 6.07) is 28.8. The third kappa shape index (κ3) is 9.26.